The van der Waals surface area contributed by atoms with Crippen LogP contribution in [0.3, 0.4) is 0 Å². The van der Waals surface area contributed by atoms with Crippen molar-refractivity contribution in [1.82, 2.24) is 4.57 Å². The molecule has 8 heteroatoms. The number of para-hydroxylation sites is 1. The van der Waals surface area contributed by atoms with Gasteiger partial charge in [0.1, 0.15) is 18.1 Å². The lowest BCUT2D eigenvalue weighted by atomic mass is 9.90. The topological polar surface area (TPSA) is 77.8 Å². The van der Waals surface area contributed by atoms with Crippen molar-refractivity contribution in [2.45, 2.75) is 18.9 Å². The molecule has 0 saturated carbocycles. The van der Waals surface area contributed by atoms with Gasteiger partial charge in [-0.25, -0.2) is 0 Å². The average molecular weight is 424 g/mol. The van der Waals surface area contributed by atoms with Gasteiger partial charge in [0, 0.05) is 12.3 Å². The molecule has 2 aromatic carbocycles. The third-order valence-corrected chi connectivity index (χ3v) is 6.16. The molecule has 1 aliphatic heterocycles. The summed E-state index contributed by atoms with van der Waals surface area (Å²) in [5, 5.41) is 0. The summed E-state index contributed by atoms with van der Waals surface area (Å²) in [5.74, 6) is 0.0813. The Kier molecular flexibility index (Phi) is 5.41. The number of benzene rings is 2. The number of hydrogen-bond donors (Lipinski definition) is 0. The van der Waals surface area contributed by atoms with E-state index in [0.717, 1.165) is 21.8 Å². The van der Waals surface area contributed by atoms with Gasteiger partial charge in [-0.15, -0.1) is 0 Å². The molecule has 7 nitrogen and oxygen atoms in total. The number of aromatic nitrogens is 1. The van der Waals surface area contributed by atoms with Crippen LogP contribution in [-0.4, -0.2) is 30.7 Å². The van der Waals surface area contributed by atoms with Crippen LogP contribution in [0, 0.1) is 0 Å². The minimum atomic E-state index is -0.554. The number of fused-ring (bicyclic) bond motifs is 1. The van der Waals surface area contributed by atoms with Crippen LogP contribution in [0.15, 0.2) is 59.4 Å². The number of ether oxygens (including phenoxy) is 2. The molecule has 154 valence electrons. The Hall–Kier alpha value is -3.39. The molecule has 0 fully saturated rings. The molecule has 0 N–H and O–H groups in total. The lowest BCUT2D eigenvalue weighted by Crippen LogP contribution is -2.36. The summed E-state index contributed by atoms with van der Waals surface area (Å²) in [6.45, 7) is -0.261. The number of thiazole rings is 1. The first-order valence-electron chi connectivity index (χ1n) is 9.35. The number of amides is 1. The maximum absolute atomic E-state index is 13.3. The van der Waals surface area contributed by atoms with Crippen LogP contribution in [0.25, 0.3) is 0 Å². The van der Waals surface area contributed by atoms with Crippen LogP contribution in [-0.2, 0) is 20.9 Å². The van der Waals surface area contributed by atoms with Crippen molar-refractivity contribution in [3.8, 4) is 5.75 Å². The Bertz CT molecular complexity index is 1150. The van der Waals surface area contributed by atoms with E-state index in [-0.39, 0.29) is 29.7 Å². The van der Waals surface area contributed by atoms with E-state index in [9.17, 15) is 14.4 Å². The number of esters is 1. The van der Waals surface area contributed by atoms with E-state index >= 15 is 0 Å². The summed E-state index contributed by atoms with van der Waals surface area (Å²) in [5.41, 5.74) is 1.52. The molecule has 30 heavy (non-hydrogen) atoms. The maximum Gasteiger partial charge on any atom is 0.325 e. The number of carbonyl (C=O) groups excluding carboxylic acids is 2. The summed E-state index contributed by atoms with van der Waals surface area (Å²) in [6.07, 6.45) is 0.202. The van der Waals surface area contributed by atoms with Gasteiger partial charge in [0.05, 0.1) is 24.8 Å². The van der Waals surface area contributed by atoms with E-state index in [0.29, 0.717) is 17.3 Å². The smallest absolute Gasteiger partial charge is 0.325 e. The fourth-order valence-electron chi connectivity index (χ4n) is 3.65. The Morgan fingerprint density at radius 2 is 1.87 bits per heavy atom. The number of carbonyl (C=O) groups is 2. The summed E-state index contributed by atoms with van der Waals surface area (Å²) >= 11 is 1.05. The summed E-state index contributed by atoms with van der Waals surface area (Å²) in [4.78, 5) is 40.1. The Labute approximate surface area is 177 Å². The van der Waals surface area contributed by atoms with E-state index in [1.54, 1.807) is 19.2 Å². The maximum atomic E-state index is 13.3. The molecular weight excluding hydrogens is 404 g/mol. The number of nitrogens with zero attached hydrogens (tertiary/aromatic N) is 2. The molecule has 1 aliphatic rings. The zero-order valence-electron chi connectivity index (χ0n) is 16.5. The summed E-state index contributed by atoms with van der Waals surface area (Å²) in [7, 11) is 2.85. The van der Waals surface area contributed by atoms with Gasteiger partial charge in [-0.1, -0.05) is 41.7 Å². The number of methoxy groups -OCH3 is 2. The Morgan fingerprint density at radius 1 is 1.10 bits per heavy atom. The average Bonchev–Trinajstić information content (AvgIpc) is 3.09. The van der Waals surface area contributed by atoms with Crippen LogP contribution in [0.2, 0.25) is 0 Å². The van der Waals surface area contributed by atoms with Gasteiger partial charge in [-0.05, 0) is 29.8 Å². The van der Waals surface area contributed by atoms with E-state index in [4.69, 9.17) is 9.47 Å². The molecule has 0 aliphatic carbocycles. The zero-order chi connectivity index (χ0) is 21.3. The molecule has 0 spiro atoms. The van der Waals surface area contributed by atoms with Crippen LogP contribution in [0.1, 0.15) is 22.8 Å². The highest BCUT2D eigenvalue weighted by Gasteiger charge is 2.38. The van der Waals surface area contributed by atoms with Gasteiger partial charge in [0.2, 0.25) is 5.91 Å². The highest BCUT2D eigenvalue weighted by atomic mass is 32.1. The summed E-state index contributed by atoms with van der Waals surface area (Å²) < 4.78 is 11.4. The third kappa shape index (κ3) is 3.50. The van der Waals surface area contributed by atoms with Gasteiger partial charge in [-0.2, -0.15) is 0 Å². The van der Waals surface area contributed by atoms with Crippen molar-refractivity contribution in [3.63, 3.8) is 0 Å². The van der Waals surface area contributed by atoms with Gasteiger partial charge in [0.15, 0.2) is 0 Å². The van der Waals surface area contributed by atoms with Crippen molar-refractivity contribution in [2.75, 3.05) is 19.1 Å². The first-order valence-corrected chi connectivity index (χ1v) is 10.2. The summed E-state index contributed by atoms with van der Waals surface area (Å²) in [6, 6.07) is 16.6. The standard InChI is InChI=1S/C22H20N2O5S/c1-28-16-10-6-7-14(11-16)17-12-18(25)24(15-8-4-3-5-9-15)21-20(17)30-22(27)23(21)13-19(26)29-2/h3-11,17H,12-13H2,1-2H3/t17-/m1/s1. The molecule has 0 bridgehead atoms. The number of rotatable bonds is 5. The molecule has 0 unspecified atom stereocenters. The van der Waals surface area contributed by atoms with Crippen molar-refractivity contribution < 1.29 is 19.1 Å². The third-order valence-electron chi connectivity index (χ3n) is 5.08. The Balaban J connectivity index is 1.91. The number of anilines is 2. The SMILES string of the molecule is COC(=O)Cn1c2c(sc1=O)[C@@H](c1cccc(OC)c1)CC(=O)N2c1ccccc1. The predicted molar refractivity (Wildman–Crippen MR) is 114 cm³/mol. The minimum Gasteiger partial charge on any atom is -0.497 e. The second-order valence-corrected chi connectivity index (χ2v) is 7.81. The highest BCUT2D eigenvalue weighted by molar-refractivity contribution is 7.10. The monoisotopic (exact) mass is 424 g/mol. The van der Waals surface area contributed by atoms with Crippen LogP contribution in [0.5, 0.6) is 5.75 Å². The van der Waals surface area contributed by atoms with Crippen LogP contribution in [0.4, 0.5) is 11.5 Å². The molecule has 3 aromatic rings. The van der Waals surface area contributed by atoms with E-state index in [2.05, 4.69) is 0 Å². The second-order valence-electron chi connectivity index (χ2n) is 6.82. The predicted octanol–water partition coefficient (Wildman–Crippen LogP) is 3.29. The molecule has 1 amide bonds. The normalized spacial score (nSPS) is 15.6. The van der Waals surface area contributed by atoms with Crippen molar-refractivity contribution in [3.05, 3.63) is 74.7 Å². The molecule has 4 rings (SSSR count). The zero-order valence-corrected chi connectivity index (χ0v) is 17.3. The molecule has 2 heterocycles. The molecule has 1 aromatic heterocycles. The minimum absolute atomic E-state index is 0.155. The van der Waals surface area contributed by atoms with Gasteiger partial charge in [0.25, 0.3) is 0 Å². The van der Waals surface area contributed by atoms with E-state index in [1.807, 2.05) is 42.5 Å². The van der Waals surface area contributed by atoms with Gasteiger partial charge >= 0.3 is 10.8 Å². The largest absolute Gasteiger partial charge is 0.497 e. The quantitative estimate of drug-likeness (QED) is 0.588. The molecule has 0 saturated heterocycles. The van der Waals surface area contributed by atoms with E-state index in [1.165, 1.54) is 16.6 Å². The lowest BCUT2D eigenvalue weighted by molar-refractivity contribution is -0.141. The fraction of sp³-hybridized carbons (Fsp3) is 0.227. The van der Waals surface area contributed by atoms with Crippen LogP contribution < -0.4 is 14.5 Å². The lowest BCUT2D eigenvalue weighted by Gasteiger charge is -2.32. The number of hydrogen-bond acceptors (Lipinski definition) is 6. The van der Waals surface area contributed by atoms with Gasteiger partial charge < -0.3 is 9.47 Å². The van der Waals surface area contributed by atoms with Crippen molar-refractivity contribution >= 4 is 34.7 Å². The molecule has 0 radical (unpaired) electrons. The molecular formula is C22H20N2O5S. The van der Waals surface area contributed by atoms with E-state index < -0.39 is 5.97 Å². The molecule has 1 atom stereocenters. The second kappa shape index (κ2) is 8.16. The van der Waals surface area contributed by atoms with Crippen molar-refractivity contribution in [2.24, 2.45) is 0 Å². The van der Waals surface area contributed by atoms with Crippen molar-refractivity contribution in [1.29, 1.82) is 0 Å². The fourth-order valence-corrected chi connectivity index (χ4v) is 4.76. The highest BCUT2D eigenvalue weighted by Crippen LogP contribution is 2.45. The first-order chi connectivity index (χ1) is 14.5. The van der Waals surface area contributed by atoms with Crippen LogP contribution >= 0.6 is 11.3 Å². The Morgan fingerprint density at radius 3 is 2.57 bits per heavy atom. The van der Waals surface area contributed by atoms with Gasteiger partial charge in [-0.3, -0.25) is 23.9 Å². The first kappa shape index (κ1) is 19.9.